The van der Waals surface area contributed by atoms with Crippen molar-refractivity contribution in [3.8, 4) is 0 Å². The minimum Gasteiger partial charge on any atom is -0.385 e. The first-order valence-electron chi connectivity index (χ1n) is 8.43. The van der Waals surface area contributed by atoms with Gasteiger partial charge in [0.2, 0.25) is 0 Å². The number of methoxy groups -OCH3 is 1. The van der Waals surface area contributed by atoms with Crippen molar-refractivity contribution in [2.24, 2.45) is 0 Å². The Hall–Kier alpha value is -2.05. The summed E-state index contributed by atoms with van der Waals surface area (Å²) in [5.41, 5.74) is 1.27. The molecule has 1 saturated heterocycles. The van der Waals surface area contributed by atoms with Crippen molar-refractivity contribution in [1.82, 2.24) is 0 Å². The predicted molar refractivity (Wildman–Crippen MR) is 102 cm³/mol. The number of hydrogen-bond donors (Lipinski definition) is 1. The average Bonchev–Trinajstić information content (AvgIpc) is 2.64. The molecule has 0 spiro atoms. The topological polar surface area (TPSA) is 61.9 Å². The largest absolute Gasteiger partial charge is 0.385 e. The molecule has 3 rings (SSSR count). The highest BCUT2D eigenvalue weighted by atomic mass is 35.5. The Morgan fingerprint density at radius 1 is 1.12 bits per heavy atom. The fraction of sp³-hybridized carbons (Fsp3) is 0.444. The third kappa shape index (κ3) is 3.80. The van der Waals surface area contributed by atoms with E-state index in [0.717, 1.165) is 25.2 Å². The first-order valence-corrected chi connectivity index (χ1v) is 8.81. The molecule has 0 atom stereocenters. The van der Waals surface area contributed by atoms with Crippen molar-refractivity contribution < 1.29 is 4.74 Å². The van der Waals surface area contributed by atoms with Gasteiger partial charge in [0.1, 0.15) is 11.4 Å². The number of hydrogen-bond acceptors (Lipinski definition) is 6. The monoisotopic (exact) mass is 363 g/mol. The van der Waals surface area contributed by atoms with Gasteiger partial charge in [-0.1, -0.05) is 17.7 Å². The Morgan fingerprint density at radius 2 is 1.84 bits per heavy atom. The van der Waals surface area contributed by atoms with Crippen molar-refractivity contribution >= 4 is 28.7 Å². The van der Waals surface area contributed by atoms with Gasteiger partial charge in [0.15, 0.2) is 0 Å². The highest BCUT2D eigenvalue weighted by Crippen LogP contribution is 2.25. The number of piperazine rings is 1. The van der Waals surface area contributed by atoms with Crippen LogP contribution in [-0.4, -0.2) is 46.4 Å². The van der Waals surface area contributed by atoms with E-state index in [2.05, 4.69) is 10.2 Å². The molecule has 2 aromatic carbocycles. The zero-order valence-corrected chi connectivity index (χ0v) is 15.0. The molecule has 6 nitrogen and oxygen atoms in total. The summed E-state index contributed by atoms with van der Waals surface area (Å²) in [5, 5.41) is 3.80. The van der Waals surface area contributed by atoms with Crippen LogP contribution in [0.1, 0.15) is 6.42 Å². The fourth-order valence-electron chi connectivity index (χ4n) is 3.14. The lowest BCUT2D eigenvalue weighted by Gasteiger charge is -2.38. The van der Waals surface area contributed by atoms with Crippen LogP contribution in [0.4, 0.5) is 17.1 Å². The predicted octanol–water partition coefficient (Wildman–Crippen LogP) is 1.71. The van der Waals surface area contributed by atoms with Crippen LogP contribution in [0.3, 0.4) is 0 Å². The molecule has 0 aliphatic carbocycles. The molecule has 1 N–H and O–H groups in total. The molecule has 0 bridgehead atoms. The van der Waals surface area contributed by atoms with E-state index in [0.29, 0.717) is 42.6 Å². The molecule has 0 unspecified atom stereocenters. The number of benzene rings is 1. The van der Waals surface area contributed by atoms with E-state index in [-0.39, 0.29) is 5.43 Å². The van der Waals surface area contributed by atoms with E-state index in [4.69, 9.17) is 16.3 Å². The first kappa shape index (κ1) is 17.8. The van der Waals surface area contributed by atoms with Gasteiger partial charge in [-0.2, -0.15) is 0 Å². The average molecular weight is 364 g/mol. The van der Waals surface area contributed by atoms with E-state index in [1.165, 1.54) is 0 Å². The van der Waals surface area contributed by atoms with Crippen LogP contribution in [0.2, 0.25) is 5.02 Å². The third-order valence-electron chi connectivity index (χ3n) is 4.48. The van der Waals surface area contributed by atoms with Crippen LogP contribution in [0, 0.1) is 0 Å². The lowest BCUT2D eigenvalue weighted by atomic mass is 10.1. The molecular formula is C18H22ClN3O3. The second-order valence-corrected chi connectivity index (χ2v) is 6.55. The lowest BCUT2D eigenvalue weighted by Crippen LogP contribution is -2.51. The van der Waals surface area contributed by atoms with Gasteiger partial charge in [-0.25, -0.2) is 0 Å². The second-order valence-electron chi connectivity index (χ2n) is 6.11. The molecule has 0 aromatic heterocycles. The summed E-state index contributed by atoms with van der Waals surface area (Å²) < 4.78 is 5.00. The molecule has 1 fully saturated rings. The Labute approximate surface area is 151 Å². The van der Waals surface area contributed by atoms with E-state index in [1.54, 1.807) is 7.11 Å². The molecule has 1 aliphatic rings. The van der Waals surface area contributed by atoms with Crippen LogP contribution < -0.4 is 26.0 Å². The van der Waals surface area contributed by atoms with Crippen LogP contribution in [-0.2, 0) is 4.74 Å². The number of anilines is 3. The van der Waals surface area contributed by atoms with Gasteiger partial charge in [-0.3, -0.25) is 9.59 Å². The van der Waals surface area contributed by atoms with Crippen molar-refractivity contribution in [2.75, 3.05) is 61.6 Å². The van der Waals surface area contributed by atoms with E-state index >= 15 is 0 Å². The van der Waals surface area contributed by atoms with Gasteiger partial charge in [-0.05, 0) is 24.6 Å². The molecule has 25 heavy (non-hydrogen) atoms. The van der Waals surface area contributed by atoms with Gasteiger partial charge >= 0.3 is 0 Å². The zero-order valence-electron chi connectivity index (χ0n) is 14.3. The summed E-state index contributed by atoms with van der Waals surface area (Å²) >= 11 is 6.06. The van der Waals surface area contributed by atoms with E-state index in [9.17, 15) is 9.59 Å². The summed E-state index contributed by atoms with van der Waals surface area (Å²) in [4.78, 5) is 28.1. The quantitative estimate of drug-likeness (QED) is 0.597. The number of nitrogens with one attached hydrogen (secondary N) is 1. The first-order chi connectivity index (χ1) is 12.1. The smallest absolute Gasteiger partial charge is 0.253 e. The molecule has 0 radical (unpaired) electrons. The summed E-state index contributed by atoms with van der Waals surface area (Å²) in [5.74, 6) is 0. The zero-order chi connectivity index (χ0) is 17.8. The number of halogens is 1. The van der Waals surface area contributed by atoms with Gasteiger partial charge < -0.3 is 19.9 Å². The maximum atomic E-state index is 12.0. The summed E-state index contributed by atoms with van der Waals surface area (Å²) in [7, 11) is 1.64. The van der Waals surface area contributed by atoms with Crippen molar-refractivity contribution in [3.05, 3.63) is 49.7 Å². The van der Waals surface area contributed by atoms with Gasteiger partial charge in [0.25, 0.3) is 10.9 Å². The lowest BCUT2D eigenvalue weighted by molar-refractivity contribution is 0.198. The van der Waals surface area contributed by atoms with Crippen LogP contribution >= 0.6 is 11.6 Å². The van der Waals surface area contributed by atoms with Crippen LogP contribution in [0.25, 0.3) is 0 Å². The van der Waals surface area contributed by atoms with Crippen LogP contribution in [0.5, 0.6) is 0 Å². The number of ether oxygens (including phenoxy) is 1. The maximum Gasteiger partial charge on any atom is 0.253 e. The summed E-state index contributed by atoms with van der Waals surface area (Å²) in [6, 6.07) is 7.76. The molecule has 0 amide bonds. The highest BCUT2D eigenvalue weighted by Gasteiger charge is 2.28. The Balaban J connectivity index is 1.62. The third-order valence-corrected chi connectivity index (χ3v) is 4.72. The Bertz CT molecular complexity index is 793. The Kier molecular flexibility index (Phi) is 5.60. The van der Waals surface area contributed by atoms with Crippen molar-refractivity contribution in [2.45, 2.75) is 6.42 Å². The second kappa shape index (κ2) is 7.89. The molecule has 7 heteroatoms. The van der Waals surface area contributed by atoms with Crippen molar-refractivity contribution in [3.63, 3.8) is 0 Å². The minimum atomic E-state index is -0.412. The Morgan fingerprint density at radius 3 is 2.52 bits per heavy atom. The summed E-state index contributed by atoms with van der Waals surface area (Å²) in [6.07, 6.45) is 0.789. The minimum absolute atomic E-state index is 0.384. The molecule has 1 aliphatic heterocycles. The van der Waals surface area contributed by atoms with E-state index < -0.39 is 5.43 Å². The highest BCUT2D eigenvalue weighted by molar-refractivity contribution is 6.30. The van der Waals surface area contributed by atoms with E-state index in [1.807, 2.05) is 29.2 Å². The molecule has 0 saturated carbocycles. The van der Waals surface area contributed by atoms with Crippen LogP contribution in [0.15, 0.2) is 33.9 Å². The molecular weight excluding hydrogens is 342 g/mol. The number of rotatable bonds is 7. The number of nitrogens with zero attached hydrogens (tertiary/aromatic N) is 2. The normalized spacial score (nSPS) is 15.0. The van der Waals surface area contributed by atoms with Gasteiger partial charge in [0, 0.05) is 57.2 Å². The summed E-state index contributed by atoms with van der Waals surface area (Å²) in [6.45, 7) is 4.20. The fourth-order valence-corrected chi connectivity index (χ4v) is 3.32. The molecule has 1 heterocycles. The maximum absolute atomic E-state index is 12.0. The van der Waals surface area contributed by atoms with Gasteiger partial charge in [0.05, 0.1) is 0 Å². The molecule has 134 valence electrons. The molecule has 2 aromatic rings. The van der Waals surface area contributed by atoms with Crippen molar-refractivity contribution in [1.29, 1.82) is 0 Å². The van der Waals surface area contributed by atoms with Gasteiger partial charge in [-0.15, -0.1) is 0 Å². The SMILES string of the molecule is COCCCNc1c(N2CCN(c3cccc(Cl)c3)CC2)c(=O)c1=O. The standard InChI is InChI=1S/C18H22ClN3O3/c1-25-11-3-6-20-15-16(18(24)17(15)23)22-9-7-21(8-10-22)14-5-2-4-13(19)12-14/h2,4-5,12,20H,3,6-11H2,1H3.